The predicted octanol–water partition coefficient (Wildman–Crippen LogP) is 3.52. The Bertz CT molecular complexity index is 176. The highest BCUT2D eigenvalue weighted by Crippen LogP contribution is 2.54. The van der Waals surface area contributed by atoms with E-state index < -0.39 is 0 Å². The van der Waals surface area contributed by atoms with E-state index in [1.807, 2.05) is 0 Å². The molecule has 2 aliphatic rings. The fraction of sp³-hybridized carbons (Fsp3) is 1.00. The summed E-state index contributed by atoms with van der Waals surface area (Å²) in [5.74, 6) is 0. The Balaban J connectivity index is 1.78. The summed E-state index contributed by atoms with van der Waals surface area (Å²) in [6, 6.07) is 0. The Morgan fingerprint density at radius 3 is 2.08 bits per heavy atom. The van der Waals surface area contributed by atoms with Crippen molar-refractivity contribution in [3.8, 4) is 0 Å². The molecule has 2 rings (SSSR count). The lowest BCUT2D eigenvalue weighted by molar-refractivity contribution is -0.141. The van der Waals surface area contributed by atoms with E-state index in [0.29, 0.717) is 6.10 Å². The van der Waals surface area contributed by atoms with Crippen LogP contribution in [0.25, 0.3) is 0 Å². The Morgan fingerprint density at radius 1 is 1.08 bits per heavy atom. The third-order valence-corrected chi connectivity index (χ3v) is 3.51. The summed E-state index contributed by atoms with van der Waals surface area (Å²) < 4.78 is 5.96. The Kier molecular flexibility index (Phi) is 2.18. The molecule has 0 aromatic carbocycles. The van der Waals surface area contributed by atoms with Crippen LogP contribution in [0.4, 0.5) is 0 Å². The smallest absolute Gasteiger partial charge is 0.0602 e. The average Bonchev–Trinajstić information content (AvgIpc) is 2.30. The molecule has 0 aromatic heterocycles. The van der Waals surface area contributed by atoms with E-state index in [-0.39, 0.29) is 5.60 Å². The van der Waals surface area contributed by atoms with Gasteiger partial charge in [-0.2, -0.15) is 0 Å². The molecule has 0 heterocycles. The van der Waals surface area contributed by atoms with Gasteiger partial charge in [0.2, 0.25) is 0 Å². The van der Waals surface area contributed by atoms with Crippen LogP contribution in [0.15, 0.2) is 0 Å². The van der Waals surface area contributed by atoms with Gasteiger partial charge in [-0.3, -0.25) is 0 Å². The Hall–Kier alpha value is -0.0400. The average molecular weight is 182 g/mol. The summed E-state index contributed by atoms with van der Waals surface area (Å²) in [5.41, 5.74) is 0.792. The van der Waals surface area contributed by atoms with Crippen molar-refractivity contribution < 1.29 is 4.74 Å². The van der Waals surface area contributed by atoms with Crippen molar-refractivity contribution >= 4 is 0 Å². The fourth-order valence-corrected chi connectivity index (χ4v) is 3.02. The Labute approximate surface area is 81.9 Å². The summed E-state index contributed by atoms with van der Waals surface area (Å²) in [7, 11) is 0. The van der Waals surface area contributed by atoms with Crippen LogP contribution in [0.3, 0.4) is 0 Å². The quantitative estimate of drug-likeness (QED) is 0.603. The van der Waals surface area contributed by atoms with Crippen LogP contribution >= 0.6 is 0 Å². The maximum atomic E-state index is 5.96. The van der Waals surface area contributed by atoms with E-state index in [4.69, 9.17) is 4.74 Å². The molecule has 1 nitrogen and oxygen atoms in total. The highest BCUT2D eigenvalue weighted by molar-refractivity contribution is 4.98. The number of hydrogen-bond donors (Lipinski definition) is 0. The van der Waals surface area contributed by atoms with Gasteiger partial charge >= 0.3 is 0 Å². The third kappa shape index (κ3) is 2.07. The molecule has 0 radical (unpaired) electrons. The SMILES string of the molecule is CC(C)(C)OC1CC2(CCCC2)C1. The summed E-state index contributed by atoms with van der Waals surface area (Å²) in [5, 5.41) is 0. The highest BCUT2D eigenvalue weighted by atomic mass is 16.5. The van der Waals surface area contributed by atoms with Gasteiger partial charge < -0.3 is 4.74 Å². The van der Waals surface area contributed by atoms with E-state index in [0.717, 1.165) is 5.41 Å². The molecule has 0 aromatic rings. The summed E-state index contributed by atoms with van der Waals surface area (Å²) in [4.78, 5) is 0. The molecule has 0 saturated heterocycles. The van der Waals surface area contributed by atoms with Crippen molar-refractivity contribution in [3.63, 3.8) is 0 Å². The highest BCUT2D eigenvalue weighted by Gasteiger charge is 2.47. The molecule has 76 valence electrons. The van der Waals surface area contributed by atoms with Gasteiger partial charge in [0.25, 0.3) is 0 Å². The van der Waals surface area contributed by atoms with Gasteiger partial charge in [-0.15, -0.1) is 0 Å². The van der Waals surface area contributed by atoms with Crippen molar-refractivity contribution in [3.05, 3.63) is 0 Å². The van der Waals surface area contributed by atoms with Crippen molar-refractivity contribution in [1.82, 2.24) is 0 Å². The molecule has 13 heavy (non-hydrogen) atoms. The first-order chi connectivity index (χ1) is 5.99. The minimum atomic E-state index is 0.0604. The van der Waals surface area contributed by atoms with Gasteiger partial charge in [-0.25, -0.2) is 0 Å². The topological polar surface area (TPSA) is 9.23 Å². The zero-order chi connectivity index (χ0) is 9.53. The molecule has 0 atom stereocenters. The lowest BCUT2D eigenvalue weighted by Crippen LogP contribution is -2.43. The van der Waals surface area contributed by atoms with Gasteiger partial charge in [0, 0.05) is 0 Å². The lowest BCUT2D eigenvalue weighted by atomic mass is 9.65. The van der Waals surface area contributed by atoms with Gasteiger partial charge in [0.15, 0.2) is 0 Å². The van der Waals surface area contributed by atoms with Crippen molar-refractivity contribution in [2.24, 2.45) is 5.41 Å². The number of ether oxygens (including phenoxy) is 1. The predicted molar refractivity (Wildman–Crippen MR) is 54.8 cm³/mol. The zero-order valence-corrected chi connectivity index (χ0v) is 9.23. The van der Waals surface area contributed by atoms with Crippen molar-refractivity contribution in [2.75, 3.05) is 0 Å². The van der Waals surface area contributed by atoms with Gasteiger partial charge in [-0.05, 0) is 51.9 Å². The van der Waals surface area contributed by atoms with E-state index in [1.165, 1.54) is 38.5 Å². The number of hydrogen-bond acceptors (Lipinski definition) is 1. The Morgan fingerprint density at radius 2 is 1.62 bits per heavy atom. The molecular formula is C12H22O. The molecule has 2 aliphatic carbocycles. The molecule has 0 N–H and O–H groups in total. The first-order valence-corrected chi connectivity index (χ1v) is 5.67. The lowest BCUT2D eigenvalue weighted by Gasteiger charge is -2.47. The second-order valence-corrected chi connectivity index (χ2v) is 5.97. The fourth-order valence-electron chi connectivity index (χ4n) is 3.02. The van der Waals surface area contributed by atoms with Crippen LogP contribution in [0, 0.1) is 5.41 Å². The summed E-state index contributed by atoms with van der Waals surface area (Å²) in [6.45, 7) is 6.48. The second-order valence-electron chi connectivity index (χ2n) is 5.97. The van der Waals surface area contributed by atoms with Gasteiger partial charge in [-0.1, -0.05) is 12.8 Å². The van der Waals surface area contributed by atoms with Crippen LogP contribution in [-0.2, 0) is 4.74 Å². The van der Waals surface area contributed by atoms with E-state index >= 15 is 0 Å². The van der Waals surface area contributed by atoms with Crippen molar-refractivity contribution in [2.45, 2.75) is 71.0 Å². The molecule has 1 heteroatoms. The van der Waals surface area contributed by atoms with E-state index in [2.05, 4.69) is 20.8 Å². The molecule has 1 spiro atoms. The van der Waals surface area contributed by atoms with E-state index in [1.54, 1.807) is 0 Å². The summed E-state index contributed by atoms with van der Waals surface area (Å²) >= 11 is 0. The van der Waals surface area contributed by atoms with Crippen LogP contribution < -0.4 is 0 Å². The van der Waals surface area contributed by atoms with Crippen LogP contribution in [0.1, 0.15) is 59.3 Å². The second kappa shape index (κ2) is 2.98. The van der Waals surface area contributed by atoms with E-state index in [9.17, 15) is 0 Å². The summed E-state index contributed by atoms with van der Waals surface area (Å²) in [6.07, 6.45) is 9.10. The molecular weight excluding hydrogens is 160 g/mol. The van der Waals surface area contributed by atoms with Gasteiger partial charge in [0.05, 0.1) is 11.7 Å². The van der Waals surface area contributed by atoms with Crippen LogP contribution in [-0.4, -0.2) is 11.7 Å². The monoisotopic (exact) mass is 182 g/mol. The molecule has 2 saturated carbocycles. The normalized spacial score (nSPS) is 27.9. The first kappa shape index (κ1) is 9.51. The largest absolute Gasteiger partial charge is 0.373 e. The molecule has 2 fully saturated rings. The van der Waals surface area contributed by atoms with Crippen LogP contribution in [0.5, 0.6) is 0 Å². The van der Waals surface area contributed by atoms with Crippen LogP contribution in [0.2, 0.25) is 0 Å². The standard InChI is InChI=1S/C12H22O/c1-11(2,3)13-10-8-12(9-10)6-4-5-7-12/h10H,4-9H2,1-3H3. The van der Waals surface area contributed by atoms with Crippen molar-refractivity contribution in [1.29, 1.82) is 0 Å². The molecule has 0 unspecified atom stereocenters. The maximum absolute atomic E-state index is 5.96. The zero-order valence-electron chi connectivity index (χ0n) is 9.23. The molecule has 0 bridgehead atoms. The first-order valence-electron chi connectivity index (χ1n) is 5.67. The minimum absolute atomic E-state index is 0.0604. The van der Waals surface area contributed by atoms with Gasteiger partial charge in [0.1, 0.15) is 0 Å². The third-order valence-electron chi connectivity index (χ3n) is 3.51. The maximum Gasteiger partial charge on any atom is 0.0602 e. The molecule has 0 aliphatic heterocycles. The minimum Gasteiger partial charge on any atom is -0.373 e. The molecule has 0 amide bonds. The number of rotatable bonds is 1.